The van der Waals surface area contributed by atoms with Gasteiger partial charge in [0.15, 0.2) is 0 Å². The molecule has 2 aliphatic rings. The molecule has 2 fully saturated rings. The van der Waals surface area contributed by atoms with Crippen LogP contribution in [0, 0.1) is 6.92 Å². The first-order valence-electron chi connectivity index (χ1n) is 10.9. The first kappa shape index (κ1) is 26.4. The van der Waals surface area contributed by atoms with Crippen molar-refractivity contribution >= 4 is 13.6 Å². The Morgan fingerprint density at radius 2 is 1.92 bits per heavy atom. The highest BCUT2D eigenvalue weighted by molar-refractivity contribution is 7.47. The van der Waals surface area contributed by atoms with Crippen molar-refractivity contribution in [2.75, 3.05) is 18.9 Å². The lowest BCUT2D eigenvalue weighted by Gasteiger charge is -2.21. The van der Waals surface area contributed by atoms with Crippen LogP contribution in [0.4, 0.5) is 5.82 Å². The number of phosphoric ester groups is 1. The lowest BCUT2D eigenvalue weighted by atomic mass is 10.2. The molecule has 0 radical (unpaired) electrons. The molecular formula is C19H26N5O11P. The molecule has 16 nitrogen and oxygen atoms in total. The zero-order chi connectivity index (χ0) is 26.2. The van der Waals surface area contributed by atoms with Crippen molar-refractivity contribution < 1.29 is 38.2 Å². The van der Waals surface area contributed by atoms with E-state index in [1.807, 2.05) is 0 Å². The fraction of sp³-hybridized carbons (Fsp3) is 0.579. The molecule has 0 spiro atoms. The average Bonchev–Trinajstić information content (AvgIpc) is 3.37. The Labute approximate surface area is 202 Å². The van der Waals surface area contributed by atoms with Crippen LogP contribution in [-0.2, 0) is 23.1 Å². The third-order valence-electron chi connectivity index (χ3n) is 5.85. The maximum atomic E-state index is 12.6. The lowest BCUT2D eigenvalue weighted by molar-refractivity contribution is -0.0575. The second-order valence-electron chi connectivity index (χ2n) is 8.41. The molecule has 6 N–H and O–H groups in total. The highest BCUT2D eigenvalue weighted by atomic mass is 31.2. The number of nitrogens with one attached hydrogen (secondary N) is 1. The number of aliphatic hydroxyl groups is 2. The summed E-state index contributed by atoms with van der Waals surface area (Å²) in [6.45, 7) is 0.345. The van der Waals surface area contributed by atoms with Crippen LogP contribution < -0.4 is 22.7 Å². The summed E-state index contributed by atoms with van der Waals surface area (Å²) in [5, 5.41) is 19.9. The van der Waals surface area contributed by atoms with Gasteiger partial charge in [0.2, 0.25) is 0 Å². The second-order valence-corrected chi connectivity index (χ2v) is 9.81. The Balaban J connectivity index is 1.38. The van der Waals surface area contributed by atoms with Crippen molar-refractivity contribution in [2.24, 2.45) is 0 Å². The molecule has 2 aromatic heterocycles. The summed E-state index contributed by atoms with van der Waals surface area (Å²) in [6.07, 6.45) is -3.76. The van der Waals surface area contributed by atoms with Crippen molar-refractivity contribution in [3.63, 3.8) is 0 Å². The van der Waals surface area contributed by atoms with E-state index in [0.717, 1.165) is 9.13 Å². The highest BCUT2D eigenvalue weighted by Gasteiger charge is 2.43. The van der Waals surface area contributed by atoms with Gasteiger partial charge in [-0.05, 0) is 13.0 Å². The van der Waals surface area contributed by atoms with Gasteiger partial charge in [-0.15, -0.1) is 0 Å². The van der Waals surface area contributed by atoms with Gasteiger partial charge in [0, 0.05) is 30.8 Å². The molecule has 198 valence electrons. The summed E-state index contributed by atoms with van der Waals surface area (Å²) in [7, 11) is -4.75. The number of anilines is 1. The molecule has 17 heteroatoms. The minimum Gasteiger partial charge on any atom is -0.394 e. The van der Waals surface area contributed by atoms with Gasteiger partial charge in [-0.2, -0.15) is 4.98 Å². The highest BCUT2D eigenvalue weighted by Crippen LogP contribution is 2.48. The monoisotopic (exact) mass is 531 g/mol. The van der Waals surface area contributed by atoms with E-state index in [0.29, 0.717) is 0 Å². The van der Waals surface area contributed by atoms with Crippen molar-refractivity contribution in [3.05, 3.63) is 55.3 Å². The molecule has 7 unspecified atom stereocenters. The largest absolute Gasteiger partial charge is 0.472 e. The first-order chi connectivity index (χ1) is 17.0. The van der Waals surface area contributed by atoms with Crippen molar-refractivity contribution in [1.29, 1.82) is 0 Å². The van der Waals surface area contributed by atoms with Crippen LogP contribution in [-0.4, -0.2) is 71.8 Å². The van der Waals surface area contributed by atoms with Gasteiger partial charge in [-0.1, -0.05) is 0 Å². The van der Waals surface area contributed by atoms with Crippen LogP contribution in [0.3, 0.4) is 0 Å². The van der Waals surface area contributed by atoms with E-state index >= 15 is 0 Å². The molecule has 7 atom stereocenters. The summed E-state index contributed by atoms with van der Waals surface area (Å²) >= 11 is 0. The van der Waals surface area contributed by atoms with Crippen LogP contribution in [0.2, 0.25) is 0 Å². The molecule has 0 aliphatic carbocycles. The molecule has 0 saturated carbocycles. The van der Waals surface area contributed by atoms with Crippen LogP contribution in [0.15, 0.2) is 32.8 Å². The van der Waals surface area contributed by atoms with Gasteiger partial charge in [0.05, 0.1) is 19.3 Å². The number of aryl methyl sites for hydroxylation is 1. The van der Waals surface area contributed by atoms with Crippen molar-refractivity contribution in [3.8, 4) is 0 Å². The Morgan fingerprint density at radius 1 is 1.22 bits per heavy atom. The number of hydrogen-bond donors (Lipinski definition) is 5. The minimum atomic E-state index is -4.75. The third-order valence-corrected chi connectivity index (χ3v) is 6.87. The molecule has 0 aromatic carbocycles. The Hall–Kier alpha value is -2.69. The van der Waals surface area contributed by atoms with Crippen LogP contribution >= 0.6 is 7.82 Å². The van der Waals surface area contributed by atoms with Gasteiger partial charge in [-0.3, -0.25) is 28.0 Å². The van der Waals surface area contributed by atoms with E-state index in [1.165, 1.54) is 25.4 Å². The van der Waals surface area contributed by atoms with Gasteiger partial charge >= 0.3 is 19.2 Å². The molecule has 2 aromatic rings. The lowest BCUT2D eigenvalue weighted by Crippen LogP contribution is -2.33. The third kappa shape index (κ3) is 5.66. The van der Waals surface area contributed by atoms with Crippen LogP contribution in [0.25, 0.3) is 0 Å². The van der Waals surface area contributed by atoms with E-state index in [-0.39, 0.29) is 24.2 Å². The molecule has 4 heterocycles. The van der Waals surface area contributed by atoms with Gasteiger partial charge in [-0.25, -0.2) is 14.2 Å². The van der Waals surface area contributed by atoms with Crippen LogP contribution in [0.1, 0.15) is 30.9 Å². The summed E-state index contributed by atoms with van der Waals surface area (Å²) in [4.78, 5) is 51.7. The Kier molecular flexibility index (Phi) is 7.59. The number of ether oxygens (including phenoxy) is 2. The van der Waals surface area contributed by atoms with E-state index in [2.05, 4.69) is 9.97 Å². The number of nitrogens with two attached hydrogens (primary N) is 1. The Morgan fingerprint density at radius 3 is 2.61 bits per heavy atom. The predicted octanol–water partition coefficient (Wildman–Crippen LogP) is -1.89. The zero-order valence-corrected chi connectivity index (χ0v) is 19.9. The molecule has 36 heavy (non-hydrogen) atoms. The topological polar surface area (TPSA) is 230 Å². The van der Waals surface area contributed by atoms with E-state index in [1.54, 1.807) is 0 Å². The second kappa shape index (κ2) is 10.4. The number of phosphoric acid groups is 1. The number of hydrogen-bond acceptors (Lipinski definition) is 12. The van der Waals surface area contributed by atoms with Crippen molar-refractivity contribution in [1.82, 2.24) is 19.1 Å². The van der Waals surface area contributed by atoms with Crippen molar-refractivity contribution in [2.45, 2.75) is 56.6 Å². The molecule has 2 saturated heterocycles. The number of aliphatic hydroxyl groups excluding tert-OH is 2. The number of aromatic nitrogens is 4. The number of nitrogen functional groups attached to an aromatic ring is 1. The Bertz CT molecular complexity index is 1330. The number of nitrogens with zero attached hydrogens (tertiary/aromatic N) is 3. The molecular weight excluding hydrogens is 505 g/mol. The number of rotatable bonds is 8. The minimum absolute atomic E-state index is 0.00577. The van der Waals surface area contributed by atoms with Gasteiger partial charge in [0.1, 0.15) is 36.6 Å². The van der Waals surface area contributed by atoms with Gasteiger partial charge in [0.25, 0.3) is 5.56 Å². The fourth-order valence-corrected chi connectivity index (χ4v) is 4.96. The van der Waals surface area contributed by atoms with Gasteiger partial charge < -0.3 is 30.3 Å². The standard InChI is InChI=1S/C19H26N5O11P/c1-9-6-24(19(29)22-17(9)27)16-5-11(12(7-25)33-16)35-36(30,31)32-8-13-10(26)4-15(34-13)23-3-2-14(20)21-18(23)28/h2-3,6,10-13,15-16,25-26H,4-5,7-8H2,1H3,(H,30,31)(H2,20,21,28)(H,22,27,29). The van der Waals surface area contributed by atoms with E-state index in [4.69, 9.17) is 24.3 Å². The van der Waals surface area contributed by atoms with Crippen LogP contribution in [0.5, 0.6) is 0 Å². The average molecular weight is 531 g/mol. The normalized spacial score (nSPS) is 29.9. The van der Waals surface area contributed by atoms with E-state index < -0.39 is 74.8 Å². The summed E-state index contributed by atoms with van der Waals surface area (Å²) < 4.78 is 36.1. The fourth-order valence-electron chi connectivity index (χ4n) is 4.00. The smallest absolute Gasteiger partial charge is 0.394 e. The quantitative estimate of drug-likeness (QED) is 0.235. The molecule has 0 amide bonds. The molecule has 0 bridgehead atoms. The SMILES string of the molecule is Cc1cn(C2CC(OP(=O)(O)OCC3OC(n4ccc(N)nc4=O)CC3O)C(CO)O2)c(=O)[nH]c1=O. The number of aromatic amines is 1. The maximum absolute atomic E-state index is 12.6. The zero-order valence-electron chi connectivity index (χ0n) is 19.0. The predicted molar refractivity (Wildman–Crippen MR) is 120 cm³/mol. The van der Waals surface area contributed by atoms with E-state index in [9.17, 15) is 34.1 Å². The summed E-state index contributed by atoms with van der Waals surface area (Å²) in [5.41, 5.74) is 3.69. The maximum Gasteiger partial charge on any atom is 0.472 e. The molecule has 2 aliphatic heterocycles. The number of H-pyrrole nitrogens is 1. The summed E-state index contributed by atoms with van der Waals surface area (Å²) in [5.74, 6) is 0.0212. The molecule has 4 rings (SSSR count). The first-order valence-corrected chi connectivity index (χ1v) is 12.4. The summed E-state index contributed by atoms with van der Waals surface area (Å²) in [6, 6.07) is 1.38.